The normalized spacial score (nSPS) is 31.6. The summed E-state index contributed by atoms with van der Waals surface area (Å²) in [6, 6.07) is 10.5. The van der Waals surface area contributed by atoms with Crippen LogP contribution in [0.5, 0.6) is 5.75 Å². The number of likely N-dealkylation sites (tertiary alicyclic amines) is 1. The van der Waals surface area contributed by atoms with Crippen molar-refractivity contribution in [1.82, 2.24) is 9.80 Å². The van der Waals surface area contributed by atoms with Gasteiger partial charge in [0.1, 0.15) is 11.9 Å². The molecule has 6 rings (SSSR count). The van der Waals surface area contributed by atoms with Crippen LogP contribution in [-0.4, -0.2) is 64.7 Å². The van der Waals surface area contributed by atoms with Gasteiger partial charge in [-0.3, -0.25) is 9.69 Å². The minimum Gasteiger partial charge on any atom is -0.487 e. The minimum atomic E-state index is -4.40. The Balaban J connectivity index is 1.29. The zero-order valence-corrected chi connectivity index (χ0v) is 21.2. The first-order valence-electron chi connectivity index (χ1n) is 13.1. The van der Waals surface area contributed by atoms with E-state index in [1.54, 1.807) is 11.9 Å². The van der Waals surface area contributed by atoms with E-state index in [1.165, 1.54) is 29.8 Å². The average molecular weight is 525 g/mol. The predicted octanol–water partition coefficient (Wildman–Crippen LogP) is 4.59. The van der Waals surface area contributed by atoms with E-state index in [0.717, 1.165) is 42.8 Å². The molecule has 0 unspecified atom stereocenters. The number of nitrogens with zero attached hydrogens (tertiary/aromatic N) is 2. The fourth-order valence-corrected chi connectivity index (χ4v) is 7.59. The number of alkyl halides is 3. The Kier molecular flexibility index (Phi) is 5.78. The summed E-state index contributed by atoms with van der Waals surface area (Å²) >= 11 is 0. The Morgan fingerprint density at radius 3 is 2.71 bits per heavy atom. The van der Waals surface area contributed by atoms with Gasteiger partial charge in [-0.1, -0.05) is 30.3 Å². The van der Waals surface area contributed by atoms with Crippen LogP contribution in [-0.2, 0) is 22.8 Å². The Morgan fingerprint density at radius 1 is 1.24 bits per heavy atom. The quantitative estimate of drug-likeness (QED) is 0.460. The molecule has 2 aliphatic heterocycles. The van der Waals surface area contributed by atoms with Gasteiger partial charge >= 0.3 is 6.18 Å². The highest BCUT2D eigenvalue weighted by atomic mass is 19.4. The number of hydrogen-bond donors (Lipinski definition) is 1. The zero-order valence-electron chi connectivity index (χ0n) is 21.2. The second-order valence-corrected chi connectivity index (χ2v) is 11.0. The topological polar surface area (TPSA) is 53.0 Å². The van der Waals surface area contributed by atoms with Crippen molar-refractivity contribution in [1.29, 1.82) is 0 Å². The molecule has 2 bridgehead atoms. The first-order chi connectivity index (χ1) is 18.1. The maximum Gasteiger partial charge on any atom is 0.416 e. The molecule has 1 amide bonds. The molecule has 0 aromatic heterocycles. The second-order valence-electron chi connectivity index (χ2n) is 11.0. The van der Waals surface area contributed by atoms with Crippen LogP contribution >= 0.6 is 0 Å². The van der Waals surface area contributed by atoms with Gasteiger partial charge in [0.2, 0.25) is 5.91 Å². The van der Waals surface area contributed by atoms with Crippen molar-refractivity contribution in [3.8, 4) is 5.75 Å². The standard InChI is InChI=1S/C30H31F3N2O3/c1-3-16-35-17-15-28-26-20-5-4-6-23(26)38-27(28)22(13-14-29(28,37)24(35)18-20)34(2)25(36)12-9-19-7-10-21(11-8-19)30(31,32)33/h3-12,22,24,27,37H,1,13-18H2,2H3/t22-,24-,27+,28+,29-/m1/s1. The number of carbonyl (C=O) groups excluding carboxylic acids is 1. The summed E-state index contributed by atoms with van der Waals surface area (Å²) in [5, 5.41) is 12.4. The van der Waals surface area contributed by atoms with E-state index in [4.69, 9.17) is 4.74 Å². The smallest absolute Gasteiger partial charge is 0.416 e. The maximum atomic E-state index is 13.3. The molecule has 1 saturated carbocycles. The summed E-state index contributed by atoms with van der Waals surface area (Å²) in [6.07, 6.45) is 2.62. The molecule has 2 aromatic rings. The molecule has 38 heavy (non-hydrogen) atoms. The minimum absolute atomic E-state index is 0.0530. The maximum absolute atomic E-state index is 13.3. The van der Waals surface area contributed by atoms with Crippen molar-refractivity contribution >= 4 is 12.0 Å². The number of halogens is 3. The van der Waals surface area contributed by atoms with Crippen LogP contribution in [0.25, 0.3) is 6.08 Å². The molecule has 4 aliphatic rings. The molecule has 1 saturated heterocycles. The molecule has 2 fully saturated rings. The molecule has 1 N–H and O–H groups in total. The van der Waals surface area contributed by atoms with Crippen LogP contribution in [0.4, 0.5) is 13.2 Å². The fraction of sp³-hybridized carbons (Fsp3) is 0.433. The largest absolute Gasteiger partial charge is 0.487 e. The van der Waals surface area contributed by atoms with Crippen molar-refractivity contribution < 1.29 is 27.8 Å². The molecule has 2 aromatic carbocycles. The summed E-state index contributed by atoms with van der Waals surface area (Å²) in [5.41, 5.74) is 0.506. The van der Waals surface area contributed by atoms with E-state index in [2.05, 4.69) is 17.5 Å². The first-order valence-corrected chi connectivity index (χ1v) is 13.1. The van der Waals surface area contributed by atoms with Crippen molar-refractivity contribution in [2.24, 2.45) is 0 Å². The number of carbonyl (C=O) groups is 1. The monoisotopic (exact) mass is 524 g/mol. The third-order valence-corrected chi connectivity index (χ3v) is 9.31. The molecule has 2 heterocycles. The van der Waals surface area contributed by atoms with Crippen LogP contribution < -0.4 is 4.74 Å². The lowest BCUT2D eigenvalue weighted by molar-refractivity contribution is -0.198. The highest BCUT2D eigenvalue weighted by Gasteiger charge is 2.72. The Morgan fingerprint density at radius 2 is 2.00 bits per heavy atom. The van der Waals surface area contributed by atoms with Gasteiger partial charge in [0.15, 0.2) is 0 Å². The number of likely N-dealkylation sites (N-methyl/N-ethyl adjacent to an activating group) is 1. The summed E-state index contributed by atoms with van der Waals surface area (Å²) in [4.78, 5) is 17.3. The van der Waals surface area contributed by atoms with Gasteiger partial charge in [-0.2, -0.15) is 13.2 Å². The van der Waals surface area contributed by atoms with Gasteiger partial charge in [-0.25, -0.2) is 0 Å². The van der Waals surface area contributed by atoms with Crippen LogP contribution in [0.2, 0.25) is 0 Å². The number of benzene rings is 2. The fourth-order valence-electron chi connectivity index (χ4n) is 7.59. The predicted molar refractivity (Wildman–Crippen MR) is 138 cm³/mol. The van der Waals surface area contributed by atoms with Gasteiger partial charge in [0, 0.05) is 31.3 Å². The van der Waals surface area contributed by atoms with Crippen molar-refractivity contribution in [2.75, 3.05) is 20.1 Å². The number of aliphatic hydroxyl groups is 1. The van der Waals surface area contributed by atoms with Gasteiger partial charge in [-0.15, -0.1) is 6.58 Å². The number of hydrogen-bond acceptors (Lipinski definition) is 4. The molecule has 2 aliphatic carbocycles. The van der Waals surface area contributed by atoms with Crippen LogP contribution in [0.1, 0.15) is 41.5 Å². The molecular formula is C30H31F3N2O3. The number of rotatable bonds is 5. The Bertz CT molecular complexity index is 1310. The van der Waals surface area contributed by atoms with Crippen molar-refractivity contribution in [3.05, 3.63) is 83.4 Å². The lowest BCUT2D eigenvalue weighted by Crippen LogP contribution is -2.78. The van der Waals surface area contributed by atoms with E-state index in [1.807, 2.05) is 18.2 Å². The van der Waals surface area contributed by atoms with Gasteiger partial charge in [0.25, 0.3) is 0 Å². The van der Waals surface area contributed by atoms with E-state index >= 15 is 0 Å². The zero-order chi connectivity index (χ0) is 26.9. The third kappa shape index (κ3) is 3.49. The number of amides is 1. The molecule has 8 heteroatoms. The lowest BCUT2D eigenvalue weighted by atomic mass is 9.48. The van der Waals surface area contributed by atoms with Crippen LogP contribution in [0.3, 0.4) is 0 Å². The summed E-state index contributed by atoms with van der Waals surface area (Å²) in [7, 11) is 1.74. The number of piperidine rings is 1. The van der Waals surface area contributed by atoms with E-state index < -0.39 is 22.8 Å². The molecule has 1 spiro atoms. The SMILES string of the molecule is C=CCN1CC[C@]23c4c5cccc4O[C@H]2[C@H](N(C)C(=O)C=Cc2ccc(C(F)(F)F)cc2)CC[C@@]3(O)[C@H]1C5. The number of ether oxygens (including phenoxy) is 1. The Labute approximate surface area is 220 Å². The van der Waals surface area contributed by atoms with Crippen molar-refractivity contribution in [3.63, 3.8) is 0 Å². The van der Waals surface area contributed by atoms with E-state index in [0.29, 0.717) is 24.9 Å². The highest BCUT2D eigenvalue weighted by Crippen LogP contribution is 2.64. The van der Waals surface area contributed by atoms with E-state index in [9.17, 15) is 23.1 Å². The highest BCUT2D eigenvalue weighted by molar-refractivity contribution is 5.92. The first kappa shape index (κ1) is 25.2. The van der Waals surface area contributed by atoms with Gasteiger partial charge < -0.3 is 14.7 Å². The molecule has 5 atom stereocenters. The van der Waals surface area contributed by atoms with Crippen LogP contribution in [0.15, 0.2) is 61.2 Å². The van der Waals surface area contributed by atoms with Gasteiger partial charge in [0.05, 0.1) is 22.6 Å². The van der Waals surface area contributed by atoms with Crippen LogP contribution in [0, 0.1) is 0 Å². The van der Waals surface area contributed by atoms with E-state index in [-0.39, 0.29) is 24.1 Å². The third-order valence-electron chi connectivity index (χ3n) is 9.31. The molecule has 0 radical (unpaired) electrons. The summed E-state index contributed by atoms with van der Waals surface area (Å²) < 4.78 is 45.2. The summed E-state index contributed by atoms with van der Waals surface area (Å²) in [6.45, 7) is 5.43. The molecule has 200 valence electrons. The molecular weight excluding hydrogens is 493 g/mol. The summed E-state index contributed by atoms with van der Waals surface area (Å²) in [5.74, 6) is 0.544. The Hall–Kier alpha value is -3.10. The van der Waals surface area contributed by atoms with Gasteiger partial charge in [-0.05, 0) is 67.6 Å². The second kappa shape index (κ2) is 8.71. The van der Waals surface area contributed by atoms with Crippen molar-refractivity contribution in [2.45, 2.75) is 61.1 Å². The molecule has 5 nitrogen and oxygen atoms in total. The average Bonchev–Trinajstić information content (AvgIpc) is 3.23. The lowest BCUT2D eigenvalue weighted by Gasteiger charge is -2.64.